The van der Waals surface area contributed by atoms with Crippen LogP contribution in [-0.2, 0) is 0 Å². The largest absolute Gasteiger partial charge is 0.631 e. The third kappa shape index (κ3) is 2860. The molecule has 0 aliphatic rings. The summed E-state index contributed by atoms with van der Waals surface area (Å²) in [6.45, 7) is 0. The van der Waals surface area contributed by atoms with Gasteiger partial charge in [-0.1, -0.05) is 0 Å². The van der Waals surface area contributed by atoms with Crippen molar-refractivity contribution in [1.82, 2.24) is 24.6 Å². The zero-order valence-corrected chi connectivity index (χ0v) is 4.75. The van der Waals surface area contributed by atoms with Gasteiger partial charge in [-0.15, -0.1) is 0 Å². The normalized spacial score (nSPS) is 3.38. The summed E-state index contributed by atoms with van der Waals surface area (Å²) in [6, 6.07) is 0. The van der Waals surface area contributed by atoms with E-state index in [2.05, 4.69) is 0 Å². The lowest BCUT2D eigenvalue weighted by molar-refractivity contribution is 0.278. The molecule has 0 heterocycles. The van der Waals surface area contributed by atoms with Gasteiger partial charge in [0, 0.05) is 0 Å². The van der Waals surface area contributed by atoms with Crippen molar-refractivity contribution >= 4 is 7.32 Å². The van der Waals surface area contributed by atoms with Crippen molar-refractivity contribution in [3.05, 3.63) is 0 Å². The van der Waals surface area contributed by atoms with E-state index in [1.807, 2.05) is 0 Å². The Kier molecular flexibility index (Phi) is 169. The van der Waals surface area contributed by atoms with Gasteiger partial charge in [-0.05, 0) is 0 Å². The van der Waals surface area contributed by atoms with Gasteiger partial charge in [0.2, 0.25) is 0 Å². The first kappa shape index (κ1) is 46.2. The van der Waals surface area contributed by atoms with Crippen LogP contribution in [0.15, 0.2) is 0 Å². The van der Waals surface area contributed by atoms with Crippen LogP contribution in [0.1, 0.15) is 0 Å². The Labute approximate surface area is 48.2 Å². The summed E-state index contributed by atoms with van der Waals surface area (Å²) in [4.78, 5) is 0. The molecule has 0 rings (SSSR count). The smallest absolute Gasteiger partial charge is 0.402 e. The summed E-state index contributed by atoms with van der Waals surface area (Å²) in [5.74, 6) is 0. The van der Waals surface area contributed by atoms with Crippen molar-refractivity contribution in [3.8, 4) is 0 Å². The van der Waals surface area contributed by atoms with Crippen molar-refractivity contribution < 1.29 is 15.1 Å². The minimum absolute atomic E-state index is 0. The number of hydrogen-bond donors (Lipinski definition) is 7. The minimum atomic E-state index is -2.17. The zero-order chi connectivity index (χ0) is 3.58. The quantitative estimate of drug-likeness (QED) is 0.195. The first-order valence-corrected chi connectivity index (χ1v) is 0.775. The van der Waals surface area contributed by atoms with Gasteiger partial charge in [-0.25, -0.2) is 0 Å². The molecule has 0 aromatic carbocycles. The van der Waals surface area contributed by atoms with Crippen LogP contribution in [0.5, 0.6) is 0 Å². The fourth-order valence-corrected chi connectivity index (χ4v) is 0. The molecule has 0 aliphatic carbocycles. The summed E-state index contributed by atoms with van der Waals surface area (Å²) < 4.78 is 0. The Balaban J connectivity index is -0.00000000750. The molecule has 0 unspecified atom stereocenters. The Morgan fingerprint density at radius 1 is 0.625 bits per heavy atom. The SMILES string of the molecule is N.N.N.N.OB(O)O. The minimum Gasteiger partial charge on any atom is -0.402 e. The van der Waals surface area contributed by atoms with E-state index in [0.29, 0.717) is 0 Å². The van der Waals surface area contributed by atoms with Crippen LogP contribution in [0.4, 0.5) is 0 Å². The average molecular weight is 130 g/mol. The maximum Gasteiger partial charge on any atom is 0.631 e. The van der Waals surface area contributed by atoms with Crippen LogP contribution < -0.4 is 24.6 Å². The Morgan fingerprint density at radius 3 is 0.625 bits per heavy atom. The first-order valence-electron chi connectivity index (χ1n) is 0.775. The second kappa shape index (κ2) is 29.3. The van der Waals surface area contributed by atoms with E-state index in [1.54, 1.807) is 0 Å². The summed E-state index contributed by atoms with van der Waals surface area (Å²) in [5.41, 5.74) is 0. The highest BCUT2D eigenvalue weighted by Gasteiger charge is 1.92. The highest BCUT2D eigenvalue weighted by molar-refractivity contribution is 6.30. The third-order valence-electron chi connectivity index (χ3n) is 0. The molecule has 8 heavy (non-hydrogen) atoms. The summed E-state index contributed by atoms with van der Waals surface area (Å²) in [7, 11) is -2.17. The van der Waals surface area contributed by atoms with Crippen LogP contribution in [0, 0.1) is 0 Å². The van der Waals surface area contributed by atoms with Crippen molar-refractivity contribution in [2.45, 2.75) is 0 Å². The van der Waals surface area contributed by atoms with E-state index in [9.17, 15) is 0 Å². The van der Waals surface area contributed by atoms with Crippen LogP contribution in [-0.4, -0.2) is 22.4 Å². The fraction of sp³-hybridized carbons (Fsp3) is 0. The van der Waals surface area contributed by atoms with Gasteiger partial charge < -0.3 is 39.7 Å². The van der Waals surface area contributed by atoms with Crippen molar-refractivity contribution in [3.63, 3.8) is 0 Å². The maximum atomic E-state index is 7.17. The highest BCUT2D eigenvalue weighted by Crippen LogP contribution is 1.40. The van der Waals surface area contributed by atoms with Crippen molar-refractivity contribution in [1.29, 1.82) is 0 Å². The Morgan fingerprint density at radius 2 is 0.625 bits per heavy atom. The number of rotatable bonds is 0. The predicted octanol–water partition coefficient (Wildman–Crippen LogP) is -1.40. The average Bonchev–Trinajstić information content (AvgIpc) is 0.811. The number of hydrogen-bond acceptors (Lipinski definition) is 7. The standard InChI is InChI=1S/BH3O3.4H3N/c2-1(3)4;;;;/h2-4H;4*1H3. The summed E-state index contributed by atoms with van der Waals surface area (Å²) >= 11 is 0. The molecular formula is H15BN4O3. The van der Waals surface area contributed by atoms with Gasteiger partial charge in [0.1, 0.15) is 0 Å². The van der Waals surface area contributed by atoms with E-state index >= 15 is 0 Å². The Hall–Kier alpha value is -0.215. The second-order valence-electron chi connectivity index (χ2n) is 0.346. The topological polar surface area (TPSA) is 201 Å². The molecule has 0 atom stereocenters. The Bertz CT molecular complexity index is 16.0. The van der Waals surface area contributed by atoms with Crippen LogP contribution in [0.25, 0.3) is 0 Å². The molecule has 15 N–H and O–H groups in total. The molecule has 0 radical (unpaired) electrons. The van der Waals surface area contributed by atoms with Gasteiger partial charge >= 0.3 is 7.32 Å². The third-order valence-corrected chi connectivity index (χ3v) is 0. The van der Waals surface area contributed by atoms with E-state index < -0.39 is 7.32 Å². The molecule has 0 amide bonds. The lowest BCUT2D eigenvalue weighted by atomic mass is 10.3. The monoisotopic (exact) mass is 130 g/mol. The summed E-state index contributed by atoms with van der Waals surface area (Å²) in [6.07, 6.45) is 0. The molecule has 7 nitrogen and oxygen atoms in total. The van der Waals surface area contributed by atoms with Crippen LogP contribution >= 0.6 is 0 Å². The molecule has 56 valence electrons. The van der Waals surface area contributed by atoms with E-state index in [1.165, 1.54) is 0 Å². The lowest BCUT2D eigenvalue weighted by Crippen LogP contribution is -2.07. The molecule has 0 spiro atoms. The second-order valence-corrected chi connectivity index (χ2v) is 0.346. The molecule has 0 aromatic rings. The highest BCUT2D eigenvalue weighted by atomic mass is 16.5. The molecule has 0 aromatic heterocycles. The van der Waals surface area contributed by atoms with E-state index in [4.69, 9.17) is 15.1 Å². The molecule has 8 heteroatoms. The zero-order valence-electron chi connectivity index (χ0n) is 4.75. The fourth-order valence-electron chi connectivity index (χ4n) is 0. The van der Waals surface area contributed by atoms with Gasteiger partial charge in [0.25, 0.3) is 0 Å². The van der Waals surface area contributed by atoms with Gasteiger partial charge in [0.05, 0.1) is 0 Å². The van der Waals surface area contributed by atoms with Crippen molar-refractivity contribution in [2.24, 2.45) is 0 Å². The van der Waals surface area contributed by atoms with Crippen LogP contribution in [0.2, 0.25) is 0 Å². The summed E-state index contributed by atoms with van der Waals surface area (Å²) in [5, 5.41) is 21.5. The van der Waals surface area contributed by atoms with E-state index in [-0.39, 0.29) is 24.6 Å². The molecule has 0 aliphatic heterocycles. The van der Waals surface area contributed by atoms with Gasteiger partial charge in [-0.2, -0.15) is 0 Å². The molecule has 0 saturated heterocycles. The van der Waals surface area contributed by atoms with Crippen molar-refractivity contribution in [2.75, 3.05) is 0 Å². The van der Waals surface area contributed by atoms with Crippen LogP contribution in [0.3, 0.4) is 0 Å². The maximum absolute atomic E-state index is 7.17. The van der Waals surface area contributed by atoms with Gasteiger partial charge in [-0.3, -0.25) is 0 Å². The first-order chi connectivity index (χ1) is 1.73. The lowest BCUT2D eigenvalue weighted by Gasteiger charge is -1.69. The molecule has 0 bridgehead atoms. The molecule has 0 fully saturated rings. The van der Waals surface area contributed by atoms with E-state index in [0.717, 1.165) is 0 Å². The molecular weight excluding hydrogens is 115 g/mol. The van der Waals surface area contributed by atoms with Gasteiger partial charge in [0.15, 0.2) is 0 Å². The molecule has 0 saturated carbocycles. The predicted molar refractivity (Wildman–Crippen MR) is 32.5 cm³/mol.